The van der Waals surface area contributed by atoms with Crippen molar-refractivity contribution in [2.45, 2.75) is 13.0 Å². The summed E-state index contributed by atoms with van der Waals surface area (Å²) >= 11 is 0. The van der Waals surface area contributed by atoms with Crippen LogP contribution in [-0.2, 0) is 0 Å². The molecule has 1 fully saturated rings. The lowest BCUT2D eigenvalue weighted by Crippen LogP contribution is -2.47. The van der Waals surface area contributed by atoms with Gasteiger partial charge in [-0.3, -0.25) is 20.0 Å². The molecule has 7 heteroatoms. The summed E-state index contributed by atoms with van der Waals surface area (Å²) in [6, 6.07) is 9.52. The van der Waals surface area contributed by atoms with E-state index in [1.165, 1.54) is 12.7 Å². The van der Waals surface area contributed by atoms with Crippen molar-refractivity contribution in [3.8, 4) is 5.75 Å². The molecule has 2 heterocycles. The first-order chi connectivity index (χ1) is 12.1. The van der Waals surface area contributed by atoms with Crippen LogP contribution >= 0.6 is 0 Å². The largest absolute Gasteiger partial charge is 0.490 e. The van der Waals surface area contributed by atoms with Crippen LogP contribution in [0.25, 0.3) is 0 Å². The second-order valence-corrected chi connectivity index (χ2v) is 6.07. The highest BCUT2D eigenvalue weighted by Crippen LogP contribution is 2.37. The molecule has 1 aromatic carbocycles. The van der Waals surface area contributed by atoms with E-state index in [0.29, 0.717) is 11.4 Å². The fourth-order valence-electron chi connectivity index (χ4n) is 3.30. The van der Waals surface area contributed by atoms with Crippen LogP contribution in [0, 0.1) is 10.1 Å². The van der Waals surface area contributed by atoms with Crippen molar-refractivity contribution in [2.24, 2.45) is 0 Å². The lowest BCUT2D eigenvalue weighted by molar-refractivity contribution is -0.385. The SMILES string of the molecule is COc1cccc(N2CCN(C(C)c3cccnc3)CC2)c1[N+](=O)[O-]. The van der Waals surface area contributed by atoms with E-state index in [2.05, 4.69) is 27.8 Å². The van der Waals surface area contributed by atoms with Gasteiger partial charge in [-0.15, -0.1) is 0 Å². The summed E-state index contributed by atoms with van der Waals surface area (Å²) < 4.78 is 5.17. The number of hydrogen-bond donors (Lipinski definition) is 0. The molecule has 7 nitrogen and oxygen atoms in total. The Morgan fingerprint density at radius 1 is 1.20 bits per heavy atom. The molecule has 1 aliphatic rings. The molecule has 0 N–H and O–H groups in total. The molecule has 0 spiro atoms. The number of nitro benzene ring substituents is 1. The van der Waals surface area contributed by atoms with Crippen LogP contribution in [0.3, 0.4) is 0 Å². The molecule has 1 aromatic heterocycles. The Kier molecular flexibility index (Phi) is 5.14. The summed E-state index contributed by atoms with van der Waals surface area (Å²) in [6.45, 7) is 5.31. The van der Waals surface area contributed by atoms with Gasteiger partial charge in [0.2, 0.25) is 0 Å². The Labute approximate surface area is 147 Å². The topological polar surface area (TPSA) is 71.7 Å². The Balaban J connectivity index is 1.74. The predicted molar refractivity (Wildman–Crippen MR) is 96.1 cm³/mol. The highest BCUT2D eigenvalue weighted by molar-refractivity contribution is 5.70. The number of anilines is 1. The summed E-state index contributed by atoms with van der Waals surface area (Å²) in [5.74, 6) is 0.300. The van der Waals surface area contributed by atoms with E-state index < -0.39 is 0 Å². The van der Waals surface area contributed by atoms with Crippen LogP contribution in [0.15, 0.2) is 42.7 Å². The maximum atomic E-state index is 11.5. The average molecular weight is 342 g/mol. The number of rotatable bonds is 5. The molecule has 0 aliphatic carbocycles. The molecule has 1 unspecified atom stereocenters. The summed E-state index contributed by atoms with van der Waals surface area (Å²) in [7, 11) is 1.46. The minimum absolute atomic E-state index is 0.0405. The highest BCUT2D eigenvalue weighted by Gasteiger charge is 2.28. The third-order valence-corrected chi connectivity index (χ3v) is 4.75. The van der Waals surface area contributed by atoms with Crippen molar-refractivity contribution in [1.29, 1.82) is 0 Å². The van der Waals surface area contributed by atoms with Gasteiger partial charge >= 0.3 is 5.69 Å². The van der Waals surface area contributed by atoms with Gasteiger partial charge in [-0.25, -0.2) is 0 Å². The second-order valence-electron chi connectivity index (χ2n) is 6.07. The second kappa shape index (κ2) is 7.48. The number of pyridine rings is 1. The first kappa shape index (κ1) is 17.2. The van der Waals surface area contributed by atoms with Gasteiger partial charge in [0.05, 0.1) is 12.0 Å². The standard InChI is InChI=1S/C18H22N4O3/c1-14(15-5-4-8-19-13-15)20-9-11-21(12-10-20)16-6-3-7-17(25-2)18(16)22(23)24/h3-8,13-14H,9-12H2,1-2H3. The molecule has 25 heavy (non-hydrogen) atoms. The van der Waals surface area contributed by atoms with Gasteiger partial charge in [0.1, 0.15) is 5.69 Å². The van der Waals surface area contributed by atoms with Gasteiger partial charge in [0, 0.05) is 44.6 Å². The average Bonchev–Trinajstić information content (AvgIpc) is 2.67. The van der Waals surface area contributed by atoms with Gasteiger partial charge in [-0.1, -0.05) is 12.1 Å². The number of nitro groups is 1. The Bertz CT molecular complexity index is 730. The van der Waals surface area contributed by atoms with Gasteiger partial charge in [-0.05, 0) is 30.7 Å². The molecule has 0 bridgehead atoms. The van der Waals surface area contributed by atoms with Crippen LogP contribution < -0.4 is 9.64 Å². The van der Waals surface area contributed by atoms with Crippen molar-refractivity contribution in [3.63, 3.8) is 0 Å². The van der Waals surface area contributed by atoms with Crippen molar-refractivity contribution < 1.29 is 9.66 Å². The number of methoxy groups -OCH3 is 1. The molecule has 2 aromatic rings. The van der Waals surface area contributed by atoms with E-state index in [-0.39, 0.29) is 16.7 Å². The number of hydrogen-bond acceptors (Lipinski definition) is 6. The van der Waals surface area contributed by atoms with E-state index in [1.807, 2.05) is 12.3 Å². The van der Waals surface area contributed by atoms with Gasteiger partial charge in [-0.2, -0.15) is 0 Å². The lowest BCUT2D eigenvalue weighted by atomic mass is 10.1. The Morgan fingerprint density at radius 2 is 1.96 bits per heavy atom. The predicted octanol–water partition coefficient (Wildman–Crippen LogP) is 2.88. The van der Waals surface area contributed by atoms with E-state index in [1.54, 1.807) is 24.4 Å². The minimum Gasteiger partial charge on any atom is -0.490 e. The lowest BCUT2D eigenvalue weighted by Gasteiger charge is -2.39. The van der Waals surface area contributed by atoms with Gasteiger partial charge < -0.3 is 9.64 Å². The van der Waals surface area contributed by atoms with Crippen LogP contribution in [0.2, 0.25) is 0 Å². The molecule has 0 saturated carbocycles. The fraction of sp³-hybridized carbons (Fsp3) is 0.389. The smallest absolute Gasteiger partial charge is 0.333 e. The molecular formula is C18H22N4O3. The maximum absolute atomic E-state index is 11.5. The summed E-state index contributed by atoms with van der Waals surface area (Å²) in [6.07, 6.45) is 3.67. The van der Waals surface area contributed by atoms with Crippen LogP contribution in [0.1, 0.15) is 18.5 Å². The van der Waals surface area contributed by atoms with Crippen molar-refractivity contribution >= 4 is 11.4 Å². The van der Waals surface area contributed by atoms with Crippen LogP contribution in [-0.4, -0.2) is 48.1 Å². The summed E-state index contributed by atoms with van der Waals surface area (Å²) in [4.78, 5) is 19.7. The monoisotopic (exact) mass is 342 g/mol. The first-order valence-electron chi connectivity index (χ1n) is 8.32. The zero-order valence-electron chi connectivity index (χ0n) is 14.5. The summed E-state index contributed by atoms with van der Waals surface area (Å²) in [5, 5.41) is 11.5. The van der Waals surface area contributed by atoms with Crippen molar-refractivity contribution in [1.82, 2.24) is 9.88 Å². The van der Waals surface area contributed by atoms with E-state index in [9.17, 15) is 10.1 Å². The van der Waals surface area contributed by atoms with Gasteiger partial charge in [0.25, 0.3) is 0 Å². The Morgan fingerprint density at radius 3 is 2.56 bits per heavy atom. The molecule has 3 rings (SSSR count). The molecular weight excluding hydrogens is 320 g/mol. The van der Waals surface area contributed by atoms with Crippen LogP contribution in [0.4, 0.5) is 11.4 Å². The molecule has 0 amide bonds. The van der Waals surface area contributed by atoms with Crippen molar-refractivity contribution in [3.05, 3.63) is 58.4 Å². The Hall–Kier alpha value is -2.67. The van der Waals surface area contributed by atoms with E-state index >= 15 is 0 Å². The van der Waals surface area contributed by atoms with Crippen LogP contribution in [0.5, 0.6) is 5.75 Å². The van der Waals surface area contributed by atoms with E-state index in [0.717, 1.165) is 26.2 Å². The number of nitrogens with zero attached hydrogens (tertiary/aromatic N) is 4. The normalized spacial score (nSPS) is 16.5. The third-order valence-electron chi connectivity index (χ3n) is 4.75. The molecule has 132 valence electrons. The quantitative estimate of drug-likeness (QED) is 0.614. The first-order valence-corrected chi connectivity index (χ1v) is 8.32. The van der Waals surface area contributed by atoms with Crippen molar-refractivity contribution in [2.75, 3.05) is 38.2 Å². The fourth-order valence-corrected chi connectivity index (χ4v) is 3.30. The minimum atomic E-state index is -0.362. The number of para-hydroxylation sites is 1. The number of piperazine rings is 1. The number of aromatic nitrogens is 1. The number of benzene rings is 1. The van der Waals surface area contributed by atoms with Gasteiger partial charge in [0.15, 0.2) is 5.75 Å². The molecule has 0 radical (unpaired) electrons. The third kappa shape index (κ3) is 3.56. The van der Waals surface area contributed by atoms with E-state index in [4.69, 9.17) is 4.74 Å². The molecule has 1 aliphatic heterocycles. The zero-order chi connectivity index (χ0) is 17.8. The molecule has 1 atom stereocenters. The maximum Gasteiger partial charge on any atom is 0.333 e. The number of ether oxygens (including phenoxy) is 1. The zero-order valence-corrected chi connectivity index (χ0v) is 14.5. The highest BCUT2D eigenvalue weighted by atomic mass is 16.6. The molecule has 1 saturated heterocycles. The summed E-state index contributed by atoms with van der Waals surface area (Å²) in [5.41, 5.74) is 1.85.